The van der Waals surface area contributed by atoms with E-state index in [9.17, 15) is 0 Å². The van der Waals surface area contributed by atoms with E-state index in [2.05, 4.69) is 19.2 Å². The fourth-order valence-electron chi connectivity index (χ4n) is 0.625. The molecule has 0 rings (SSSR count). The van der Waals surface area contributed by atoms with Gasteiger partial charge < -0.3 is 10.7 Å². The first-order valence-electron chi connectivity index (χ1n) is 3.32. The second-order valence-electron chi connectivity index (χ2n) is 2.55. The summed E-state index contributed by atoms with van der Waals surface area (Å²) in [5, 5.41) is 10.4. The van der Waals surface area contributed by atoms with Gasteiger partial charge in [-0.05, 0) is 20.9 Å². The van der Waals surface area contributed by atoms with Crippen molar-refractivity contribution in [3.05, 3.63) is 0 Å². The minimum absolute atomic E-state index is 0.356. The third kappa shape index (κ3) is 2.61. The molecule has 0 amide bonds. The predicted molar refractivity (Wildman–Crippen MR) is 41.1 cm³/mol. The zero-order valence-corrected chi connectivity index (χ0v) is 6.65. The number of hydrogen-bond donors (Lipinski definition) is 2. The quantitative estimate of drug-likeness (QED) is 0.552. The Hall–Kier alpha value is -0.370. The predicted octanol–water partition coefficient (Wildman–Crippen LogP) is 1.27. The molecule has 54 valence electrons. The molecule has 2 heteroatoms. The van der Waals surface area contributed by atoms with Gasteiger partial charge in [-0.2, -0.15) is 0 Å². The van der Waals surface area contributed by atoms with Crippen molar-refractivity contribution >= 4 is 5.71 Å². The third-order valence-electron chi connectivity index (χ3n) is 1.89. The van der Waals surface area contributed by atoms with Crippen molar-refractivity contribution in [1.82, 2.24) is 5.32 Å². The van der Waals surface area contributed by atoms with Crippen molar-refractivity contribution in [1.29, 1.82) is 5.41 Å². The van der Waals surface area contributed by atoms with Crippen LogP contribution in [0, 0.1) is 11.3 Å². The van der Waals surface area contributed by atoms with Crippen molar-refractivity contribution in [2.75, 3.05) is 7.05 Å². The Bertz CT molecular complexity index is 99.1. The van der Waals surface area contributed by atoms with Crippen molar-refractivity contribution in [2.24, 2.45) is 5.92 Å². The molecule has 0 radical (unpaired) electrons. The Balaban J connectivity index is 3.72. The highest BCUT2D eigenvalue weighted by Crippen LogP contribution is 2.02. The number of hydrogen-bond acceptors (Lipinski definition) is 2. The van der Waals surface area contributed by atoms with Crippen LogP contribution in [-0.2, 0) is 0 Å². The van der Waals surface area contributed by atoms with E-state index in [1.807, 2.05) is 14.0 Å². The van der Waals surface area contributed by atoms with Gasteiger partial charge in [0.1, 0.15) is 0 Å². The largest absolute Gasteiger partial charge is 0.317 e. The maximum atomic E-state index is 7.29. The maximum absolute atomic E-state index is 7.29. The standard InChI is InChI=1S/C7H16N2/c1-5(6(2)8)7(3)9-4/h5,7-9H,1-4H3/t5?,7-/m1/s1. The Morgan fingerprint density at radius 2 is 1.89 bits per heavy atom. The van der Waals surface area contributed by atoms with Gasteiger partial charge in [-0.1, -0.05) is 6.92 Å². The van der Waals surface area contributed by atoms with E-state index in [1.54, 1.807) is 0 Å². The SMILES string of the molecule is CN[C@H](C)C(C)C(C)=N. The second kappa shape index (κ2) is 3.62. The lowest BCUT2D eigenvalue weighted by Gasteiger charge is -2.17. The lowest BCUT2D eigenvalue weighted by molar-refractivity contribution is 0.518. The molecule has 0 aromatic carbocycles. The fourth-order valence-corrected chi connectivity index (χ4v) is 0.625. The summed E-state index contributed by atoms with van der Waals surface area (Å²) in [4.78, 5) is 0. The molecule has 1 unspecified atom stereocenters. The first-order chi connectivity index (χ1) is 4.09. The van der Waals surface area contributed by atoms with Gasteiger partial charge in [0.15, 0.2) is 0 Å². The monoisotopic (exact) mass is 128 g/mol. The molecule has 2 N–H and O–H groups in total. The molecule has 0 aliphatic heterocycles. The van der Waals surface area contributed by atoms with Crippen LogP contribution in [0.5, 0.6) is 0 Å². The Kier molecular flexibility index (Phi) is 3.47. The summed E-state index contributed by atoms with van der Waals surface area (Å²) in [5.74, 6) is 0.356. The molecule has 0 aromatic heterocycles. The third-order valence-corrected chi connectivity index (χ3v) is 1.89. The molecule has 0 saturated heterocycles. The van der Waals surface area contributed by atoms with Gasteiger partial charge in [-0.25, -0.2) is 0 Å². The van der Waals surface area contributed by atoms with Gasteiger partial charge in [0.2, 0.25) is 0 Å². The molecule has 0 aliphatic carbocycles. The molecule has 9 heavy (non-hydrogen) atoms. The highest BCUT2D eigenvalue weighted by Gasteiger charge is 2.10. The average molecular weight is 128 g/mol. The normalized spacial score (nSPS) is 16.9. The minimum Gasteiger partial charge on any atom is -0.317 e. The number of rotatable bonds is 3. The second-order valence-corrected chi connectivity index (χ2v) is 2.55. The summed E-state index contributed by atoms with van der Waals surface area (Å²) in [6.07, 6.45) is 0. The molecule has 0 bridgehead atoms. The highest BCUT2D eigenvalue weighted by atomic mass is 14.9. The highest BCUT2D eigenvalue weighted by molar-refractivity contribution is 5.81. The topological polar surface area (TPSA) is 35.9 Å². The summed E-state index contributed by atoms with van der Waals surface area (Å²) < 4.78 is 0. The summed E-state index contributed by atoms with van der Waals surface area (Å²) in [7, 11) is 1.92. The molecular formula is C7H16N2. The first-order valence-corrected chi connectivity index (χ1v) is 3.32. The van der Waals surface area contributed by atoms with Gasteiger partial charge in [0.05, 0.1) is 0 Å². The van der Waals surface area contributed by atoms with E-state index in [1.165, 1.54) is 0 Å². The van der Waals surface area contributed by atoms with E-state index >= 15 is 0 Å². The molecule has 0 aromatic rings. The van der Waals surface area contributed by atoms with Crippen molar-refractivity contribution in [3.63, 3.8) is 0 Å². The summed E-state index contributed by atoms with van der Waals surface area (Å²) in [5.41, 5.74) is 0.747. The minimum atomic E-state index is 0.356. The molecule has 0 fully saturated rings. The first kappa shape index (κ1) is 8.63. The van der Waals surface area contributed by atoms with Crippen LogP contribution in [0.2, 0.25) is 0 Å². The molecule has 0 spiro atoms. The van der Waals surface area contributed by atoms with E-state index in [0.29, 0.717) is 12.0 Å². The summed E-state index contributed by atoms with van der Waals surface area (Å²) in [6.45, 7) is 5.99. The van der Waals surface area contributed by atoms with Crippen LogP contribution in [0.4, 0.5) is 0 Å². The van der Waals surface area contributed by atoms with Crippen molar-refractivity contribution in [3.8, 4) is 0 Å². The Morgan fingerprint density at radius 1 is 1.44 bits per heavy atom. The Labute approximate surface area is 57.2 Å². The van der Waals surface area contributed by atoms with Crippen molar-refractivity contribution in [2.45, 2.75) is 26.8 Å². The van der Waals surface area contributed by atoms with Crippen LogP contribution in [0.3, 0.4) is 0 Å². The van der Waals surface area contributed by atoms with Crippen LogP contribution in [0.25, 0.3) is 0 Å². The zero-order valence-electron chi connectivity index (χ0n) is 6.65. The van der Waals surface area contributed by atoms with Crippen molar-refractivity contribution < 1.29 is 0 Å². The van der Waals surface area contributed by atoms with Gasteiger partial charge in [0, 0.05) is 17.7 Å². The molecule has 2 nitrogen and oxygen atoms in total. The summed E-state index contributed by atoms with van der Waals surface area (Å²) in [6, 6.07) is 0.419. The Morgan fingerprint density at radius 3 is 2.00 bits per heavy atom. The fraction of sp³-hybridized carbons (Fsp3) is 0.857. The van der Waals surface area contributed by atoms with E-state index < -0.39 is 0 Å². The summed E-state index contributed by atoms with van der Waals surface area (Å²) >= 11 is 0. The van der Waals surface area contributed by atoms with Crippen LogP contribution >= 0.6 is 0 Å². The molecule has 0 aliphatic rings. The van der Waals surface area contributed by atoms with Gasteiger partial charge in [-0.15, -0.1) is 0 Å². The lowest BCUT2D eigenvalue weighted by Crippen LogP contribution is -2.32. The molecule has 0 heterocycles. The van der Waals surface area contributed by atoms with E-state index in [4.69, 9.17) is 5.41 Å². The zero-order chi connectivity index (χ0) is 7.44. The van der Waals surface area contributed by atoms with Crippen LogP contribution < -0.4 is 5.32 Å². The molecular weight excluding hydrogens is 112 g/mol. The van der Waals surface area contributed by atoms with Gasteiger partial charge >= 0.3 is 0 Å². The van der Waals surface area contributed by atoms with E-state index in [0.717, 1.165) is 5.71 Å². The molecule has 0 saturated carbocycles. The van der Waals surface area contributed by atoms with Crippen LogP contribution in [-0.4, -0.2) is 18.8 Å². The lowest BCUT2D eigenvalue weighted by atomic mass is 9.99. The van der Waals surface area contributed by atoms with E-state index in [-0.39, 0.29) is 0 Å². The van der Waals surface area contributed by atoms with Crippen LogP contribution in [0.1, 0.15) is 20.8 Å². The average Bonchev–Trinajstić information content (AvgIpc) is 1.84. The van der Waals surface area contributed by atoms with Gasteiger partial charge in [0.25, 0.3) is 0 Å². The van der Waals surface area contributed by atoms with Crippen LogP contribution in [0.15, 0.2) is 0 Å². The molecule has 2 atom stereocenters. The maximum Gasteiger partial charge on any atom is 0.0113 e. The smallest absolute Gasteiger partial charge is 0.0113 e. The van der Waals surface area contributed by atoms with Gasteiger partial charge in [-0.3, -0.25) is 0 Å². The number of nitrogens with one attached hydrogen (secondary N) is 2.